The number of hydrogen-bond donors (Lipinski definition) is 0. The van der Waals surface area contributed by atoms with Crippen molar-refractivity contribution in [3.63, 3.8) is 0 Å². The zero-order chi connectivity index (χ0) is 48.9. The predicted molar refractivity (Wildman–Crippen MR) is 289 cm³/mol. The number of unbranched alkanes of at least 4 members (excludes halogenated alkanes) is 40. The Labute approximate surface area is 418 Å². The molecule has 0 spiro atoms. The topological polar surface area (TPSA) is 78.9 Å². The van der Waals surface area contributed by atoms with E-state index in [1.807, 2.05) is 0 Å². The van der Waals surface area contributed by atoms with Gasteiger partial charge in [-0.2, -0.15) is 0 Å². The Kier molecular flexibility index (Phi) is 52.5. The Morgan fingerprint density at radius 3 is 0.731 bits per heavy atom. The van der Waals surface area contributed by atoms with Crippen LogP contribution in [0.25, 0.3) is 0 Å². The molecular formula is C61H118O6. The largest absolute Gasteiger partial charge is 0.462 e. The van der Waals surface area contributed by atoms with Crippen LogP contribution in [0.1, 0.15) is 343 Å². The summed E-state index contributed by atoms with van der Waals surface area (Å²) < 4.78 is 16.9. The van der Waals surface area contributed by atoms with Gasteiger partial charge in [0.05, 0.1) is 0 Å². The second-order valence-corrected chi connectivity index (χ2v) is 21.9. The van der Waals surface area contributed by atoms with Crippen LogP contribution >= 0.6 is 0 Å². The molecule has 0 aliphatic rings. The standard InChI is InChI=1S/C61H118O6/c1-6-7-8-9-10-11-12-13-14-15-19-23-26-29-32-37-43-48-53-61(64)67-58(55-66-60(63)52-47-42-38-33-35-40-45-50-57(4)5)54-65-59(62)51-46-41-36-31-28-25-22-20-17-16-18-21-24-27-30-34-39-44-49-56(2)3/h56-58H,6-55H2,1-5H3/t58-/m0/s1. The smallest absolute Gasteiger partial charge is 0.306 e. The molecule has 0 bridgehead atoms. The normalized spacial score (nSPS) is 12.0. The summed E-state index contributed by atoms with van der Waals surface area (Å²) in [5.41, 5.74) is 0. The molecule has 0 aliphatic heterocycles. The monoisotopic (exact) mass is 947 g/mol. The average molecular weight is 948 g/mol. The molecule has 6 nitrogen and oxygen atoms in total. The van der Waals surface area contributed by atoms with E-state index < -0.39 is 6.10 Å². The van der Waals surface area contributed by atoms with E-state index in [1.165, 1.54) is 231 Å². The predicted octanol–water partition coefficient (Wildman–Crippen LogP) is 20.0. The summed E-state index contributed by atoms with van der Waals surface area (Å²) in [5.74, 6) is 0.800. The average Bonchev–Trinajstić information content (AvgIpc) is 3.30. The van der Waals surface area contributed by atoms with Crippen LogP contribution in [0.4, 0.5) is 0 Å². The SMILES string of the molecule is CCCCCCCCCCCCCCCCCCCCC(=O)O[C@@H](COC(=O)CCCCCCCCCCCCCCCCCCCCC(C)C)COC(=O)CCCCCCCCCC(C)C. The maximum Gasteiger partial charge on any atom is 0.306 e. The van der Waals surface area contributed by atoms with Gasteiger partial charge in [0.15, 0.2) is 6.10 Å². The van der Waals surface area contributed by atoms with Crippen LogP contribution in [0.2, 0.25) is 0 Å². The van der Waals surface area contributed by atoms with Gasteiger partial charge in [-0.1, -0.05) is 304 Å². The van der Waals surface area contributed by atoms with E-state index in [4.69, 9.17) is 14.2 Å². The summed E-state index contributed by atoms with van der Waals surface area (Å²) in [6.07, 6.45) is 58.3. The van der Waals surface area contributed by atoms with Crippen molar-refractivity contribution < 1.29 is 28.6 Å². The van der Waals surface area contributed by atoms with Crippen molar-refractivity contribution in [1.82, 2.24) is 0 Å². The molecule has 398 valence electrons. The molecule has 0 aliphatic carbocycles. The van der Waals surface area contributed by atoms with Gasteiger partial charge in [0.1, 0.15) is 13.2 Å². The van der Waals surface area contributed by atoms with Gasteiger partial charge in [-0.3, -0.25) is 14.4 Å². The minimum Gasteiger partial charge on any atom is -0.462 e. The summed E-state index contributed by atoms with van der Waals surface area (Å²) >= 11 is 0. The van der Waals surface area contributed by atoms with Crippen LogP contribution in [0, 0.1) is 11.8 Å². The first-order valence-electron chi connectivity index (χ1n) is 30.2. The van der Waals surface area contributed by atoms with E-state index in [0.29, 0.717) is 19.3 Å². The number of carbonyl (C=O) groups excluding carboxylic acids is 3. The molecular weight excluding hydrogens is 829 g/mol. The lowest BCUT2D eigenvalue weighted by Gasteiger charge is -2.18. The van der Waals surface area contributed by atoms with Gasteiger partial charge in [0.2, 0.25) is 0 Å². The van der Waals surface area contributed by atoms with Crippen molar-refractivity contribution >= 4 is 17.9 Å². The summed E-state index contributed by atoms with van der Waals surface area (Å²) in [6, 6.07) is 0. The number of carbonyl (C=O) groups is 3. The third-order valence-corrected chi connectivity index (χ3v) is 14.0. The molecule has 0 saturated carbocycles. The number of hydrogen-bond acceptors (Lipinski definition) is 6. The lowest BCUT2D eigenvalue weighted by Crippen LogP contribution is -2.30. The van der Waals surface area contributed by atoms with Crippen LogP contribution in [0.5, 0.6) is 0 Å². The van der Waals surface area contributed by atoms with Gasteiger partial charge >= 0.3 is 17.9 Å². The molecule has 0 fully saturated rings. The number of ether oxygens (including phenoxy) is 3. The summed E-state index contributed by atoms with van der Waals surface area (Å²) in [6.45, 7) is 11.4. The molecule has 0 rings (SSSR count). The van der Waals surface area contributed by atoms with Crippen molar-refractivity contribution in [2.45, 2.75) is 349 Å². The van der Waals surface area contributed by atoms with Crippen LogP contribution in [-0.4, -0.2) is 37.2 Å². The molecule has 0 aromatic heterocycles. The summed E-state index contributed by atoms with van der Waals surface area (Å²) in [4.78, 5) is 38.1. The minimum absolute atomic E-state index is 0.0630. The summed E-state index contributed by atoms with van der Waals surface area (Å²) in [5, 5.41) is 0. The molecule has 0 radical (unpaired) electrons. The molecule has 0 N–H and O–H groups in total. The fourth-order valence-electron chi connectivity index (χ4n) is 9.40. The van der Waals surface area contributed by atoms with Gasteiger partial charge in [-0.25, -0.2) is 0 Å². The molecule has 67 heavy (non-hydrogen) atoms. The van der Waals surface area contributed by atoms with E-state index in [9.17, 15) is 14.4 Å². The van der Waals surface area contributed by atoms with E-state index in [-0.39, 0.29) is 31.1 Å². The Morgan fingerprint density at radius 2 is 0.493 bits per heavy atom. The van der Waals surface area contributed by atoms with Crippen LogP contribution in [-0.2, 0) is 28.6 Å². The second-order valence-electron chi connectivity index (χ2n) is 21.9. The van der Waals surface area contributed by atoms with E-state index in [0.717, 1.165) is 69.6 Å². The second kappa shape index (κ2) is 53.8. The van der Waals surface area contributed by atoms with E-state index in [1.54, 1.807) is 0 Å². The Balaban J connectivity index is 4.20. The van der Waals surface area contributed by atoms with Gasteiger partial charge in [-0.05, 0) is 31.1 Å². The number of rotatable bonds is 55. The lowest BCUT2D eigenvalue weighted by molar-refractivity contribution is -0.167. The number of esters is 3. The van der Waals surface area contributed by atoms with Gasteiger partial charge in [-0.15, -0.1) is 0 Å². The van der Waals surface area contributed by atoms with Gasteiger partial charge < -0.3 is 14.2 Å². The lowest BCUT2D eigenvalue weighted by atomic mass is 10.0. The molecule has 1 atom stereocenters. The van der Waals surface area contributed by atoms with E-state index in [2.05, 4.69) is 34.6 Å². The van der Waals surface area contributed by atoms with Gasteiger partial charge in [0, 0.05) is 19.3 Å². The van der Waals surface area contributed by atoms with Crippen molar-refractivity contribution in [3.05, 3.63) is 0 Å². The summed E-state index contributed by atoms with van der Waals surface area (Å²) in [7, 11) is 0. The zero-order valence-electron chi connectivity index (χ0n) is 46.0. The first-order valence-corrected chi connectivity index (χ1v) is 30.2. The van der Waals surface area contributed by atoms with Crippen molar-refractivity contribution in [2.24, 2.45) is 11.8 Å². The molecule has 6 heteroatoms. The first kappa shape index (κ1) is 65.4. The third-order valence-electron chi connectivity index (χ3n) is 14.0. The van der Waals surface area contributed by atoms with Crippen LogP contribution in [0.15, 0.2) is 0 Å². The molecule has 0 aromatic rings. The van der Waals surface area contributed by atoms with Crippen molar-refractivity contribution in [3.8, 4) is 0 Å². The highest BCUT2D eigenvalue weighted by atomic mass is 16.6. The van der Waals surface area contributed by atoms with Gasteiger partial charge in [0.25, 0.3) is 0 Å². The van der Waals surface area contributed by atoms with Crippen LogP contribution in [0.3, 0.4) is 0 Å². The first-order chi connectivity index (χ1) is 32.7. The third kappa shape index (κ3) is 55.2. The quantitative estimate of drug-likeness (QED) is 0.0343. The highest BCUT2D eigenvalue weighted by Gasteiger charge is 2.19. The van der Waals surface area contributed by atoms with Crippen molar-refractivity contribution in [1.29, 1.82) is 0 Å². The molecule has 0 amide bonds. The maximum absolute atomic E-state index is 12.9. The van der Waals surface area contributed by atoms with Crippen LogP contribution < -0.4 is 0 Å². The van der Waals surface area contributed by atoms with E-state index >= 15 is 0 Å². The Morgan fingerprint density at radius 1 is 0.284 bits per heavy atom. The minimum atomic E-state index is -0.763. The molecule has 0 saturated heterocycles. The molecule has 0 heterocycles. The fraction of sp³-hybridized carbons (Fsp3) is 0.951. The Bertz CT molecular complexity index is 1020. The molecule has 0 aromatic carbocycles. The molecule has 0 unspecified atom stereocenters. The Hall–Kier alpha value is -1.59. The maximum atomic E-state index is 12.9. The highest BCUT2D eigenvalue weighted by Crippen LogP contribution is 2.18. The highest BCUT2D eigenvalue weighted by molar-refractivity contribution is 5.71. The zero-order valence-corrected chi connectivity index (χ0v) is 46.0. The van der Waals surface area contributed by atoms with Crippen molar-refractivity contribution in [2.75, 3.05) is 13.2 Å². The fourth-order valence-corrected chi connectivity index (χ4v) is 9.40.